The Labute approximate surface area is 179 Å². The van der Waals surface area contributed by atoms with Crippen molar-refractivity contribution < 1.29 is 14.0 Å². The SMILES string of the molecule is CS.NC(=O)c1cncc(C#Cc2cccc(NC(=O)Nc3ccccc3F)c2)c1. The molecule has 0 atom stereocenters. The van der Waals surface area contributed by atoms with E-state index < -0.39 is 17.8 Å². The van der Waals surface area contributed by atoms with Crippen molar-refractivity contribution in [2.75, 3.05) is 16.9 Å². The summed E-state index contributed by atoms with van der Waals surface area (Å²) in [6.07, 6.45) is 4.58. The Morgan fingerprint density at radius 1 is 0.967 bits per heavy atom. The van der Waals surface area contributed by atoms with Crippen LogP contribution in [0.5, 0.6) is 0 Å². The number of rotatable bonds is 3. The lowest BCUT2D eigenvalue weighted by Crippen LogP contribution is -2.20. The van der Waals surface area contributed by atoms with Gasteiger partial charge in [-0.2, -0.15) is 12.6 Å². The van der Waals surface area contributed by atoms with E-state index in [1.807, 2.05) is 0 Å². The van der Waals surface area contributed by atoms with Gasteiger partial charge >= 0.3 is 6.03 Å². The number of halogens is 1. The fourth-order valence-electron chi connectivity index (χ4n) is 2.31. The Morgan fingerprint density at radius 2 is 1.70 bits per heavy atom. The minimum Gasteiger partial charge on any atom is -0.366 e. The van der Waals surface area contributed by atoms with Crippen molar-refractivity contribution in [3.63, 3.8) is 0 Å². The number of hydrogen-bond donors (Lipinski definition) is 4. The topological polar surface area (TPSA) is 97.1 Å². The molecule has 0 radical (unpaired) electrons. The molecule has 0 aliphatic heterocycles. The molecule has 0 saturated carbocycles. The van der Waals surface area contributed by atoms with E-state index in [1.165, 1.54) is 30.6 Å². The van der Waals surface area contributed by atoms with Crippen molar-refractivity contribution in [2.45, 2.75) is 0 Å². The van der Waals surface area contributed by atoms with Crippen LogP contribution in [0.1, 0.15) is 21.5 Å². The van der Waals surface area contributed by atoms with Crippen LogP contribution < -0.4 is 16.4 Å². The van der Waals surface area contributed by atoms with Crippen LogP contribution in [0.4, 0.5) is 20.6 Å². The number of carbonyl (C=O) groups excluding carboxylic acids is 2. The second-order valence-electron chi connectivity index (χ2n) is 5.72. The van der Waals surface area contributed by atoms with Crippen LogP contribution >= 0.6 is 12.6 Å². The Hall–Kier alpha value is -3.83. The predicted octanol–water partition coefficient (Wildman–Crippen LogP) is 3.91. The first-order valence-electron chi connectivity index (χ1n) is 8.65. The molecule has 3 aromatic rings. The molecule has 0 spiro atoms. The molecule has 0 unspecified atom stereocenters. The van der Waals surface area contributed by atoms with Crippen molar-refractivity contribution >= 4 is 35.9 Å². The molecule has 1 aromatic heterocycles. The van der Waals surface area contributed by atoms with Gasteiger partial charge in [-0.25, -0.2) is 9.18 Å². The molecule has 0 bridgehead atoms. The third-order valence-electron chi connectivity index (χ3n) is 3.62. The summed E-state index contributed by atoms with van der Waals surface area (Å²) in [7, 11) is 0. The fraction of sp³-hybridized carbons (Fsp3) is 0.0455. The lowest BCUT2D eigenvalue weighted by atomic mass is 10.1. The smallest absolute Gasteiger partial charge is 0.323 e. The third kappa shape index (κ3) is 6.65. The largest absolute Gasteiger partial charge is 0.366 e. The van der Waals surface area contributed by atoms with E-state index in [0.717, 1.165) is 0 Å². The summed E-state index contributed by atoms with van der Waals surface area (Å²) in [6, 6.07) is 13.7. The van der Waals surface area contributed by atoms with Gasteiger partial charge in [0, 0.05) is 29.2 Å². The molecule has 3 amide bonds. The number of aromatic nitrogens is 1. The predicted molar refractivity (Wildman–Crippen MR) is 119 cm³/mol. The van der Waals surface area contributed by atoms with Gasteiger partial charge in [0.15, 0.2) is 0 Å². The Bertz CT molecular complexity index is 1110. The lowest BCUT2D eigenvalue weighted by Gasteiger charge is -2.08. The number of nitrogens with one attached hydrogen (secondary N) is 2. The molecule has 0 aliphatic carbocycles. The van der Waals surface area contributed by atoms with Crippen LogP contribution in [-0.4, -0.2) is 23.2 Å². The average molecular weight is 422 g/mol. The highest BCUT2D eigenvalue weighted by Gasteiger charge is 2.06. The number of pyridine rings is 1. The second-order valence-corrected chi connectivity index (χ2v) is 5.72. The number of nitrogens with zero attached hydrogens (tertiary/aromatic N) is 1. The summed E-state index contributed by atoms with van der Waals surface area (Å²) < 4.78 is 13.6. The summed E-state index contributed by atoms with van der Waals surface area (Å²) in [6.45, 7) is 0. The summed E-state index contributed by atoms with van der Waals surface area (Å²) in [5, 5.41) is 5.06. The van der Waals surface area contributed by atoms with Crippen molar-refractivity contribution in [1.82, 2.24) is 4.98 Å². The molecule has 0 saturated heterocycles. The summed E-state index contributed by atoms with van der Waals surface area (Å²) >= 11 is 3.53. The maximum Gasteiger partial charge on any atom is 0.323 e. The van der Waals surface area contributed by atoms with E-state index in [4.69, 9.17) is 5.73 Å². The molecule has 0 aliphatic rings. The molecule has 0 fully saturated rings. The highest BCUT2D eigenvalue weighted by molar-refractivity contribution is 7.79. The number of primary amides is 1. The normalized spacial score (nSPS) is 9.30. The fourth-order valence-corrected chi connectivity index (χ4v) is 2.31. The van der Waals surface area contributed by atoms with Gasteiger partial charge in [0.1, 0.15) is 5.82 Å². The number of thiol groups is 1. The van der Waals surface area contributed by atoms with Crippen LogP contribution in [0.15, 0.2) is 67.0 Å². The van der Waals surface area contributed by atoms with Gasteiger partial charge in [0.25, 0.3) is 0 Å². The quantitative estimate of drug-likeness (QED) is 0.381. The van der Waals surface area contributed by atoms with Crippen LogP contribution in [0, 0.1) is 17.7 Å². The zero-order valence-electron chi connectivity index (χ0n) is 16.0. The molecule has 3 rings (SSSR count). The van der Waals surface area contributed by atoms with Crippen LogP contribution in [0.3, 0.4) is 0 Å². The number of para-hydroxylation sites is 1. The van der Waals surface area contributed by atoms with Crippen LogP contribution in [-0.2, 0) is 0 Å². The maximum atomic E-state index is 13.6. The van der Waals surface area contributed by atoms with E-state index in [-0.39, 0.29) is 11.3 Å². The second kappa shape index (κ2) is 11.2. The molecular weight excluding hydrogens is 403 g/mol. The zero-order chi connectivity index (χ0) is 21.9. The molecular formula is C22H19FN4O2S. The molecule has 4 N–H and O–H groups in total. The number of nitrogens with two attached hydrogens (primary N) is 1. The van der Waals surface area contributed by atoms with Gasteiger partial charge in [0.05, 0.1) is 11.3 Å². The van der Waals surface area contributed by atoms with Crippen LogP contribution in [0.25, 0.3) is 0 Å². The Morgan fingerprint density at radius 3 is 2.43 bits per heavy atom. The molecule has 1 heterocycles. The zero-order valence-corrected chi connectivity index (χ0v) is 16.9. The van der Waals surface area contributed by atoms with E-state index in [0.29, 0.717) is 16.8 Å². The van der Waals surface area contributed by atoms with Crippen LogP contribution in [0.2, 0.25) is 0 Å². The van der Waals surface area contributed by atoms with E-state index in [9.17, 15) is 14.0 Å². The van der Waals surface area contributed by atoms with Gasteiger partial charge in [0.2, 0.25) is 5.91 Å². The Kier molecular flexibility index (Phi) is 8.41. The molecule has 2 aromatic carbocycles. The number of hydrogen-bond acceptors (Lipinski definition) is 4. The number of benzene rings is 2. The summed E-state index contributed by atoms with van der Waals surface area (Å²) in [4.78, 5) is 27.2. The van der Waals surface area contributed by atoms with Gasteiger partial charge in [-0.15, -0.1) is 0 Å². The van der Waals surface area contributed by atoms with E-state index >= 15 is 0 Å². The number of urea groups is 1. The average Bonchev–Trinajstić information content (AvgIpc) is 2.76. The number of carbonyl (C=O) groups is 2. The van der Waals surface area contributed by atoms with E-state index in [2.05, 4.69) is 40.1 Å². The van der Waals surface area contributed by atoms with Gasteiger partial charge in [-0.05, 0) is 42.7 Å². The summed E-state index contributed by atoms with van der Waals surface area (Å²) in [5.74, 6) is 4.71. The standard InChI is InChI=1S/C21H15FN4O2.CH4S/c22-18-6-1-2-7-19(18)26-21(28)25-17-5-3-4-14(11-17)8-9-15-10-16(20(23)27)13-24-12-15;1-2/h1-7,10-13H,(H2,23,27)(H2,25,26,28);2H,1H3. The lowest BCUT2D eigenvalue weighted by molar-refractivity contribution is 0.1000. The minimum absolute atomic E-state index is 0.0813. The Balaban J connectivity index is 0.00000155. The summed E-state index contributed by atoms with van der Waals surface area (Å²) in [5.41, 5.74) is 7.23. The first kappa shape index (κ1) is 22.5. The molecule has 152 valence electrons. The third-order valence-corrected chi connectivity index (χ3v) is 3.62. The van der Waals surface area contributed by atoms with Gasteiger partial charge in [-0.3, -0.25) is 9.78 Å². The first-order valence-corrected chi connectivity index (χ1v) is 9.55. The van der Waals surface area contributed by atoms with Crippen molar-refractivity contribution in [3.8, 4) is 11.8 Å². The number of amides is 3. The molecule has 30 heavy (non-hydrogen) atoms. The highest BCUT2D eigenvalue weighted by Crippen LogP contribution is 2.14. The highest BCUT2D eigenvalue weighted by atomic mass is 32.1. The molecule has 8 heteroatoms. The van der Waals surface area contributed by atoms with Gasteiger partial charge < -0.3 is 16.4 Å². The van der Waals surface area contributed by atoms with Crippen molar-refractivity contribution in [2.24, 2.45) is 5.73 Å². The monoisotopic (exact) mass is 422 g/mol. The van der Waals surface area contributed by atoms with E-state index in [1.54, 1.807) is 42.7 Å². The number of anilines is 2. The van der Waals surface area contributed by atoms with Gasteiger partial charge in [-0.1, -0.05) is 30.0 Å². The van der Waals surface area contributed by atoms with Crippen molar-refractivity contribution in [1.29, 1.82) is 0 Å². The van der Waals surface area contributed by atoms with Crippen molar-refractivity contribution in [3.05, 3.63) is 89.5 Å². The minimum atomic E-state index is -0.580. The first-order chi connectivity index (χ1) is 14.5. The maximum absolute atomic E-state index is 13.6. The molecule has 6 nitrogen and oxygen atoms in total.